The molecule has 0 aliphatic rings. The lowest BCUT2D eigenvalue weighted by Gasteiger charge is -2.05. The molecule has 0 saturated carbocycles. The van der Waals surface area contributed by atoms with Gasteiger partial charge >= 0.3 is 6.61 Å². The summed E-state index contributed by atoms with van der Waals surface area (Å²) in [5, 5.41) is 9.53. The Morgan fingerprint density at radius 2 is 1.71 bits per heavy atom. The number of ether oxygens (including phenoxy) is 1. The first-order valence-corrected chi connectivity index (χ1v) is 8.36. The lowest BCUT2D eigenvalue weighted by Crippen LogP contribution is -2.03. The van der Waals surface area contributed by atoms with Crippen LogP contribution >= 0.6 is 11.6 Å². The summed E-state index contributed by atoms with van der Waals surface area (Å²) in [7, 11) is -4.01. The molecule has 124 valence electrons. The molecular formula is C16H10ClF2NO3S. The van der Waals surface area contributed by atoms with E-state index in [1.165, 1.54) is 48.5 Å². The molecule has 0 aliphatic carbocycles. The molecule has 8 heteroatoms. The van der Waals surface area contributed by atoms with Crippen LogP contribution in [-0.2, 0) is 9.84 Å². The molecule has 0 atom stereocenters. The topological polar surface area (TPSA) is 67.2 Å². The lowest BCUT2D eigenvalue weighted by atomic mass is 10.2. The van der Waals surface area contributed by atoms with E-state index >= 15 is 0 Å². The molecule has 0 bridgehead atoms. The quantitative estimate of drug-likeness (QED) is 0.738. The normalized spacial score (nSPS) is 12.0. The molecule has 0 heterocycles. The SMILES string of the molecule is N#C/C(=C\c1ccc(OC(F)F)cc1)S(=O)(=O)c1ccc(Cl)cc1. The average molecular weight is 370 g/mol. The van der Waals surface area contributed by atoms with Crippen molar-refractivity contribution < 1.29 is 21.9 Å². The number of nitrogens with zero attached hydrogens (tertiary/aromatic N) is 1. The molecule has 2 aromatic rings. The van der Waals surface area contributed by atoms with Crippen molar-refractivity contribution in [1.82, 2.24) is 0 Å². The summed E-state index contributed by atoms with van der Waals surface area (Å²) in [5.41, 5.74) is 0.353. The van der Waals surface area contributed by atoms with Crippen LogP contribution in [0.2, 0.25) is 5.02 Å². The van der Waals surface area contributed by atoms with E-state index in [1.807, 2.05) is 0 Å². The minimum atomic E-state index is -4.01. The molecule has 2 rings (SSSR count). The Bertz CT molecular complexity index is 886. The van der Waals surface area contributed by atoms with Crippen LogP contribution in [0.15, 0.2) is 58.3 Å². The zero-order valence-electron chi connectivity index (χ0n) is 12.0. The molecule has 0 amide bonds. The van der Waals surface area contributed by atoms with Gasteiger partial charge in [0.25, 0.3) is 0 Å². The Hall–Kier alpha value is -2.43. The second-order valence-electron chi connectivity index (χ2n) is 4.53. The Morgan fingerprint density at radius 3 is 2.21 bits per heavy atom. The fourth-order valence-corrected chi connectivity index (χ4v) is 3.09. The van der Waals surface area contributed by atoms with Crippen molar-refractivity contribution in [2.45, 2.75) is 11.5 Å². The highest BCUT2D eigenvalue weighted by Crippen LogP contribution is 2.23. The van der Waals surface area contributed by atoms with Crippen molar-refractivity contribution in [2.75, 3.05) is 0 Å². The smallest absolute Gasteiger partial charge is 0.387 e. The van der Waals surface area contributed by atoms with Gasteiger partial charge in [-0.15, -0.1) is 0 Å². The zero-order valence-corrected chi connectivity index (χ0v) is 13.6. The standard InChI is InChI=1S/C16H10ClF2NO3S/c17-12-3-7-14(8-4-12)24(21,22)15(10-20)9-11-1-5-13(6-2-11)23-16(18)19/h1-9,16H/b15-9+. The number of alkyl halides is 2. The fraction of sp³-hybridized carbons (Fsp3) is 0.0625. The lowest BCUT2D eigenvalue weighted by molar-refractivity contribution is -0.0498. The van der Waals surface area contributed by atoms with E-state index < -0.39 is 21.4 Å². The molecule has 0 aliphatic heterocycles. The van der Waals surface area contributed by atoms with Gasteiger partial charge in [-0.05, 0) is 48.0 Å². The molecular weight excluding hydrogens is 360 g/mol. The number of sulfone groups is 1. The van der Waals surface area contributed by atoms with Crippen molar-refractivity contribution in [2.24, 2.45) is 0 Å². The third-order valence-electron chi connectivity index (χ3n) is 2.93. The number of hydrogen-bond donors (Lipinski definition) is 0. The van der Waals surface area contributed by atoms with Gasteiger partial charge < -0.3 is 4.74 Å². The zero-order chi connectivity index (χ0) is 17.7. The van der Waals surface area contributed by atoms with E-state index in [2.05, 4.69) is 4.74 Å². The molecule has 2 aromatic carbocycles. The van der Waals surface area contributed by atoms with E-state index in [1.54, 1.807) is 6.07 Å². The maximum absolute atomic E-state index is 12.4. The van der Waals surface area contributed by atoms with Crippen molar-refractivity contribution >= 4 is 27.5 Å². The molecule has 4 nitrogen and oxygen atoms in total. The maximum atomic E-state index is 12.4. The molecule has 24 heavy (non-hydrogen) atoms. The molecule has 0 fully saturated rings. The first-order valence-electron chi connectivity index (χ1n) is 6.50. The Labute approximate surface area is 142 Å². The highest BCUT2D eigenvalue weighted by Gasteiger charge is 2.20. The van der Waals surface area contributed by atoms with Crippen LogP contribution in [0.4, 0.5) is 8.78 Å². The summed E-state index contributed by atoms with van der Waals surface area (Å²) in [4.78, 5) is -0.551. The van der Waals surface area contributed by atoms with Gasteiger partial charge in [-0.25, -0.2) is 8.42 Å². The fourth-order valence-electron chi connectivity index (χ4n) is 1.81. The van der Waals surface area contributed by atoms with Crippen LogP contribution in [0.25, 0.3) is 6.08 Å². The second kappa shape index (κ2) is 7.43. The third kappa shape index (κ3) is 4.31. The minimum absolute atomic E-state index is 0.0683. The third-order valence-corrected chi connectivity index (χ3v) is 4.86. The van der Waals surface area contributed by atoms with Gasteiger partial charge in [-0.1, -0.05) is 23.7 Å². The van der Waals surface area contributed by atoms with Gasteiger partial charge in [0.05, 0.1) is 4.90 Å². The van der Waals surface area contributed by atoms with Gasteiger partial charge in [0.1, 0.15) is 16.7 Å². The van der Waals surface area contributed by atoms with Crippen LogP contribution in [0.5, 0.6) is 5.75 Å². The summed E-state index contributed by atoms with van der Waals surface area (Å²) >= 11 is 5.72. The number of allylic oxidation sites excluding steroid dienone is 1. The first-order chi connectivity index (χ1) is 11.3. The first kappa shape index (κ1) is 17.9. The van der Waals surface area contributed by atoms with Gasteiger partial charge in [0, 0.05) is 5.02 Å². The highest BCUT2D eigenvalue weighted by molar-refractivity contribution is 7.95. The van der Waals surface area contributed by atoms with Crippen LogP contribution in [0.3, 0.4) is 0 Å². The molecule has 0 radical (unpaired) electrons. The van der Waals surface area contributed by atoms with Crippen LogP contribution in [0.1, 0.15) is 5.56 Å². The minimum Gasteiger partial charge on any atom is -0.435 e. The van der Waals surface area contributed by atoms with Gasteiger partial charge in [0.15, 0.2) is 0 Å². The van der Waals surface area contributed by atoms with Crippen LogP contribution in [-0.4, -0.2) is 15.0 Å². The second-order valence-corrected chi connectivity index (χ2v) is 6.88. The van der Waals surface area contributed by atoms with Crippen molar-refractivity contribution in [3.63, 3.8) is 0 Å². The van der Waals surface area contributed by atoms with Gasteiger partial charge in [-0.2, -0.15) is 14.0 Å². The number of benzene rings is 2. The number of rotatable bonds is 5. The monoisotopic (exact) mass is 369 g/mol. The predicted octanol–water partition coefficient (Wildman–Crippen LogP) is 4.28. The molecule has 0 aromatic heterocycles. The largest absolute Gasteiger partial charge is 0.435 e. The highest BCUT2D eigenvalue weighted by atomic mass is 35.5. The van der Waals surface area contributed by atoms with Gasteiger partial charge in [0.2, 0.25) is 9.84 Å². The van der Waals surface area contributed by atoms with Crippen molar-refractivity contribution in [3.05, 3.63) is 64.0 Å². The summed E-state index contributed by atoms with van der Waals surface area (Å²) in [5.74, 6) is -0.0683. The Kier molecular flexibility index (Phi) is 5.54. The van der Waals surface area contributed by atoms with Crippen molar-refractivity contribution in [1.29, 1.82) is 5.26 Å². The maximum Gasteiger partial charge on any atom is 0.387 e. The van der Waals surface area contributed by atoms with Crippen LogP contribution in [0, 0.1) is 11.3 Å². The van der Waals surface area contributed by atoms with E-state index in [-0.39, 0.29) is 10.6 Å². The number of halogens is 3. The summed E-state index contributed by atoms with van der Waals surface area (Å²) in [6.07, 6.45) is 1.15. The predicted molar refractivity (Wildman–Crippen MR) is 85.3 cm³/mol. The van der Waals surface area contributed by atoms with E-state index in [4.69, 9.17) is 16.9 Å². The van der Waals surface area contributed by atoms with Crippen molar-refractivity contribution in [3.8, 4) is 11.8 Å². The molecule has 0 saturated heterocycles. The van der Waals surface area contributed by atoms with E-state index in [0.717, 1.165) is 6.08 Å². The average Bonchev–Trinajstić information content (AvgIpc) is 2.54. The Morgan fingerprint density at radius 1 is 1.12 bits per heavy atom. The van der Waals surface area contributed by atoms with E-state index in [0.29, 0.717) is 10.6 Å². The molecule has 0 N–H and O–H groups in total. The summed E-state index contributed by atoms with van der Waals surface area (Å²) in [6.45, 7) is -2.95. The van der Waals surface area contributed by atoms with Gasteiger partial charge in [-0.3, -0.25) is 0 Å². The molecule has 0 spiro atoms. The summed E-state index contributed by atoms with van der Waals surface area (Å²) < 4.78 is 53.3. The molecule has 0 unspecified atom stereocenters. The Balaban J connectivity index is 2.35. The number of nitriles is 1. The summed E-state index contributed by atoms with van der Waals surface area (Å²) in [6, 6.07) is 12.3. The van der Waals surface area contributed by atoms with Crippen LogP contribution < -0.4 is 4.74 Å². The number of hydrogen-bond acceptors (Lipinski definition) is 4. The van der Waals surface area contributed by atoms with E-state index in [9.17, 15) is 17.2 Å².